The molecule has 2 aliphatic heterocycles. The highest BCUT2D eigenvalue weighted by Gasteiger charge is 2.29. The van der Waals surface area contributed by atoms with Crippen LogP contribution in [0.2, 0.25) is 0 Å². The van der Waals surface area contributed by atoms with E-state index >= 15 is 0 Å². The third kappa shape index (κ3) is 4.32. The third-order valence-corrected chi connectivity index (χ3v) is 4.84. The third-order valence-electron chi connectivity index (χ3n) is 4.84. The maximum absolute atomic E-state index is 12.9. The number of carbonyl (C=O) groups excluding carboxylic acids is 2. The van der Waals surface area contributed by atoms with E-state index in [0.717, 1.165) is 31.5 Å². The van der Waals surface area contributed by atoms with Crippen LogP contribution in [0.25, 0.3) is 0 Å². The molecule has 2 N–H and O–H groups in total. The normalized spacial score (nSPS) is 21.2. The van der Waals surface area contributed by atoms with Gasteiger partial charge in [0, 0.05) is 38.6 Å². The van der Waals surface area contributed by atoms with Crippen LogP contribution in [0.5, 0.6) is 0 Å². The highest BCUT2D eigenvalue weighted by molar-refractivity contribution is 5.82. The summed E-state index contributed by atoms with van der Waals surface area (Å²) in [5.41, 5.74) is 0.797. The van der Waals surface area contributed by atoms with E-state index in [-0.39, 0.29) is 30.0 Å². The average Bonchev–Trinajstić information content (AvgIpc) is 2.55. The second kappa shape index (κ2) is 7.75. The lowest BCUT2D eigenvalue weighted by Crippen LogP contribution is -2.51. The summed E-state index contributed by atoms with van der Waals surface area (Å²) in [5, 5.41) is 6.20. The van der Waals surface area contributed by atoms with Crippen LogP contribution in [0.1, 0.15) is 18.4 Å². The van der Waals surface area contributed by atoms with Crippen LogP contribution in [0, 0.1) is 17.7 Å². The standard InChI is InChI=1S/C18H24FN3O2/c19-16-5-3-13(4-6-16)8-17(23)22-7-1-2-15(12-22)18(24)21-11-14-9-20-10-14/h3-6,14-15,20H,1-2,7-12H2,(H,21,24). The molecular formula is C18H24FN3O2. The molecule has 0 bridgehead atoms. The number of amides is 2. The Morgan fingerprint density at radius 1 is 1.25 bits per heavy atom. The molecule has 3 rings (SSSR count). The van der Waals surface area contributed by atoms with Gasteiger partial charge in [0.25, 0.3) is 0 Å². The van der Waals surface area contributed by atoms with E-state index < -0.39 is 0 Å². The van der Waals surface area contributed by atoms with E-state index in [4.69, 9.17) is 0 Å². The summed E-state index contributed by atoms with van der Waals surface area (Å²) in [6.07, 6.45) is 1.93. The molecule has 0 aromatic heterocycles. The summed E-state index contributed by atoms with van der Waals surface area (Å²) in [4.78, 5) is 26.5. The molecule has 1 aromatic carbocycles. The molecule has 1 unspecified atom stereocenters. The lowest BCUT2D eigenvalue weighted by Gasteiger charge is -2.33. The zero-order chi connectivity index (χ0) is 16.9. The van der Waals surface area contributed by atoms with Crippen molar-refractivity contribution in [3.05, 3.63) is 35.6 Å². The molecule has 0 saturated carbocycles. The minimum absolute atomic E-state index is 0.00213. The second-order valence-corrected chi connectivity index (χ2v) is 6.75. The molecule has 130 valence electrons. The maximum Gasteiger partial charge on any atom is 0.227 e. The van der Waals surface area contributed by atoms with Crippen LogP contribution < -0.4 is 10.6 Å². The van der Waals surface area contributed by atoms with E-state index in [1.807, 2.05) is 0 Å². The Bertz CT molecular complexity index is 586. The van der Waals surface area contributed by atoms with E-state index in [0.29, 0.717) is 25.6 Å². The van der Waals surface area contributed by atoms with E-state index in [1.54, 1.807) is 17.0 Å². The van der Waals surface area contributed by atoms with Gasteiger partial charge in [0.1, 0.15) is 5.82 Å². The fourth-order valence-corrected chi connectivity index (χ4v) is 3.19. The van der Waals surface area contributed by atoms with Crippen LogP contribution in [-0.2, 0) is 16.0 Å². The van der Waals surface area contributed by atoms with Crippen molar-refractivity contribution in [1.29, 1.82) is 0 Å². The molecule has 6 heteroatoms. The van der Waals surface area contributed by atoms with E-state index in [9.17, 15) is 14.0 Å². The first-order valence-electron chi connectivity index (χ1n) is 8.62. The van der Waals surface area contributed by atoms with Gasteiger partial charge in [-0.2, -0.15) is 0 Å². The number of halogens is 1. The molecule has 2 aliphatic rings. The molecule has 2 heterocycles. The van der Waals surface area contributed by atoms with Crippen LogP contribution in [-0.4, -0.2) is 49.4 Å². The Balaban J connectivity index is 1.49. The van der Waals surface area contributed by atoms with Crippen molar-refractivity contribution in [2.45, 2.75) is 19.3 Å². The predicted molar refractivity (Wildman–Crippen MR) is 88.8 cm³/mol. The first kappa shape index (κ1) is 16.9. The smallest absolute Gasteiger partial charge is 0.227 e. The van der Waals surface area contributed by atoms with Gasteiger partial charge < -0.3 is 15.5 Å². The van der Waals surface area contributed by atoms with Crippen LogP contribution in [0.3, 0.4) is 0 Å². The quantitative estimate of drug-likeness (QED) is 0.843. The first-order valence-corrected chi connectivity index (χ1v) is 8.62. The van der Waals surface area contributed by atoms with Crippen molar-refractivity contribution in [2.75, 3.05) is 32.7 Å². The van der Waals surface area contributed by atoms with Gasteiger partial charge in [-0.15, -0.1) is 0 Å². The molecule has 24 heavy (non-hydrogen) atoms. The summed E-state index contributed by atoms with van der Waals surface area (Å²) >= 11 is 0. The largest absolute Gasteiger partial charge is 0.355 e. The number of nitrogens with one attached hydrogen (secondary N) is 2. The number of benzene rings is 1. The highest BCUT2D eigenvalue weighted by atomic mass is 19.1. The highest BCUT2D eigenvalue weighted by Crippen LogP contribution is 2.18. The number of likely N-dealkylation sites (tertiary alicyclic amines) is 1. The Morgan fingerprint density at radius 3 is 2.67 bits per heavy atom. The van der Waals surface area contributed by atoms with Gasteiger partial charge >= 0.3 is 0 Å². The van der Waals surface area contributed by atoms with Crippen LogP contribution >= 0.6 is 0 Å². The van der Waals surface area contributed by atoms with Gasteiger partial charge in [0.05, 0.1) is 12.3 Å². The molecule has 2 saturated heterocycles. The lowest BCUT2D eigenvalue weighted by atomic mass is 9.95. The summed E-state index contributed by atoms with van der Waals surface area (Å²) in [5.74, 6) is 0.170. The minimum Gasteiger partial charge on any atom is -0.355 e. The minimum atomic E-state index is -0.303. The van der Waals surface area contributed by atoms with E-state index in [1.165, 1.54) is 12.1 Å². The summed E-state index contributed by atoms with van der Waals surface area (Å²) < 4.78 is 12.9. The topological polar surface area (TPSA) is 61.4 Å². The number of carbonyl (C=O) groups is 2. The lowest BCUT2D eigenvalue weighted by molar-refractivity contribution is -0.135. The fourth-order valence-electron chi connectivity index (χ4n) is 3.19. The van der Waals surface area contributed by atoms with Gasteiger partial charge in [0.15, 0.2) is 0 Å². The van der Waals surface area contributed by atoms with Crippen molar-refractivity contribution >= 4 is 11.8 Å². The molecule has 0 aliphatic carbocycles. The number of rotatable bonds is 5. The Hall–Kier alpha value is -1.95. The monoisotopic (exact) mass is 333 g/mol. The molecular weight excluding hydrogens is 309 g/mol. The Morgan fingerprint density at radius 2 is 2.00 bits per heavy atom. The maximum atomic E-state index is 12.9. The Labute approximate surface area is 141 Å². The molecule has 0 radical (unpaired) electrons. The molecule has 1 aromatic rings. The number of hydrogen-bond donors (Lipinski definition) is 2. The van der Waals surface area contributed by atoms with Crippen molar-refractivity contribution in [2.24, 2.45) is 11.8 Å². The summed E-state index contributed by atoms with van der Waals surface area (Å²) in [6, 6.07) is 6.00. The molecule has 0 spiro atoms. The zero-order valence-electron chi connectivity index (χ0n) is 13.8. The van der Waals surface area contributed by atoms with Crippen molar-refractivity contribution in [3.8, 4) is 0 Å². The number of piperidine rings is 1. The van der Waals surface area contributed by atoms with Crippen LogP contribution in [0.4, 0.5) is 4.39 Å². The van der Waals surface area contributed by atoms with Crippen molar-refractivity contribution < 1.29 is 14.0 Å². The number of nitrogens with zero attached hydrogens (tertiary/aromatic N) is 1. The van der Waals surface area contributed by atoms with Gasteiger partial charge in [-0.3, -0.25) is 9.59 Å². The molecule has 2 amide bonds. The van der Waals surface area contributed by atoms with Gasteiger partial charge in [-0.1, -0.05) is 12.1 Å². The predicted octanol–water partition coefficient (Wildman–Crippen LogP) is 0.942. The van der Waals surface area contributed by atoms with Crippen LogP contribution in [0.15, 0.2) is 24.3 Å². The molecule has 1 atom stereocenters. The SMILES string of the molecule is O=C(NCC1CNC1)C1CCCN(C(=O)Cc2ccc(F)cc2)C1. The van der Waals surface area contributed by atoms with Crippen molar-refractivity contribution in [3.63, 3.8) is 0 Å². The second-order valence-electron chi connectivity index (χ2n) is 6.75. The fraction of sp³-hybridized carbons (Fsp3) is 0.556. The van der Waals surface area contributed by atoms with E-state index in [2.05, 4.69) is 10.6 Å². The van der Waals surface area contributed by atoms with Gasteiger partial charge in [-0.05, 0) is 30.5 Å². The van der Waals surface area contributed by atoms with Gasteiger partial charge in [0.2, 0.25) is 11.8 Å². The molecule has 2 fully saturated rings. The zero-order valence-corrected chi connectivity index (χ0v) is 13.8. The summed E-state index contributed by atoms with van der Waals surface area (Å²) in [6.45, 7) is 3.82. The average molecular weight is 333 g/mol. The van der Waals surface area contributed by atoms with Crippen molar-refractivity contribution in [1.82, 2.24) is 15.5 Å². The Kier molecular flexibility index (Phi) is 5.45. The molecule has 5 nitrogen and oxygen atoms in total. The first-order chi connectivity index (χ1) is 11.6. The van der Waals surface area contributed by atoms with Gasteiger partial charge in [-0.25, -0.2) is 4.39 Å². The number of hydrogen-bond acceptors (Lipinski definition) is 3. The summed E-state index contributed by atoms with van der Waals surface area (Å²) in [7, 11) is 0.